The molecule has 7 heteroatoms. The molecule has 1 N–H and O–H groups in total. The molecule has 0 spiro atoms. The van der Waals surface area contributed by atoms with Gasteiger partial charge >= 0.3 is 0 Å². The number of hydrogen-bond donors (Lipinski definition) is 1. The van der Waals surface area contributed by atoms with Crippen LogP contribution in [0.5, 0.6) is 11.5 Å². The molecule has 0 saturated carbocycles. The average Bonchev–Trinajstić information content (AvgIpc) is 2.94. The van der Waals surface area contributed by atoms with Gasteiger partial charge in [0.1, 0.15) is 23.1 Å². The van der Waals surface area contributed by atoms with Crippen LogP contribution < -0.4 is 14.8 Å². The molecule has 1 aromatic heterocycles. The van der Waals surface area contributed by atoms with E-state index in [1.54, 1.807) is 12.1 Å². The highest BCUT2D eigenvalue weighted by atomic mass is 35.5. The minimum atomic E-state index is -0.540. The van der Waals surface area contributed by atoms with Crippen LogP contribution in [0.15, 0.2) is 23.8 Å². The van der Waals surface area contributed by atoms with Crippen LogP contribution in [0.25, 0.3) is 6.08 Å². The number of carbonyl (C=O) groups excluding carboxylic acids is 1. The number of rotatable bonds is 7. The number of ether oxygens (including phenoxy) is 2. The minimum Gasteiger partial charge on any atom is -0.495 e. The molecular formula is C21H24ClN3O3. The summed E-state index contributed by atoms with van der Waals surface area (Å²) in [6, 6.07) is 7.05. The number of nitrogens with zero attached hydrogens (tertiary/aromatic N) is 2. The second-order valence-electron chi connectivity index (χ2n) is 6.29. The lowest BCUT2D eigenvalue weighted by molar-refractivity contribution is -0.112. The third-order valence-corrected chi connectivity index (χ3v) is 4.74. The SMILES string of the molecule is CCCn1c(C)cc(/C=C(\C#N)C(=O)Nc2cc(Cl)c(OC)cc2OC)c1C. The molecular weight excluding hydrogens is 378 g/mol. The van der Waals surface area contributed by atoms with Crippen LogP contribution in [0.2, 0.25) is 5.02 Å². The van der Waals surface area contributed by atoms with E-state index < -0.39 is 5.91 Å². The van der Waals surface area contributed by atoms with Crippen molar-refractivity contribution < 1.29 is 14.3 Å². The second-order valence-corrected chi connectivity index (χ2v) is 6.70. The average molecular weight is 402 g/mol. The summed E-state index contributed by atoms with van der Waals surface area (Å²) in [7, 11) is 2.96. The van der Waals surface area contributed by atoms with Gasteiger partial charge in [0.25, 0.3) is 5.91 Å². The topological polar surface area (TPSA) is 76.3 Å². The summed E-state index contributed by atoms with van der Waals surface area (Å²) in [6.07, 6.45) is 2.60. The lowest BCUT2D eigenvalue weighted by atomic mass is 10.1. The smallest absolute Gasteiger partial charge is 0.266 e. The van der Waals surface area contributed by atoms with Crippen molar-refractivity contribution in [2.75, 3.05) is 19.5 Å². The first-order valence-electron chi connectivity index (χ1n) is 8.87. The number of nitrogens with one attached hydrogen (secondary N) is 1. The van der Waals surface area contributed by atoms with Gasteiger partial charge in [-0.1, -0.05) is 18.5 Å². The molecule has 0 saturated heterocycles. The third-order valence-electron chi connectivity index (χ3n) is 4.45. The molecule has 0 atom stereocenters. The predicted molar refractivity (Wildman–Crippen MR) is 111 cm³/mol. The Morgan fingerprint density at radius 3 is 2.50 bits per heavy atom. The minimum absolute atomic E-state index is 0.00857. The van der Waals surface area contributed by atoms with E-state index in [1.165, 1.54) is 20.3 Å². The number of anilines is 1. The van der Waals surface area contributed by atoms with Crippen molar-refractivity contribution in [3.8, 4) is 17.6 Å². The quantitative estimate of drug-likeness (QED) is 0.537. The molecule has 0 aliphatic carbocycles. The van der Waals surface area contributed by atoms with E-state index in [2.05, 4.69) is 16.8 Å². The number of methoxy groups -OCH3 is 2. The van der Waals surface area contributed by atoms with E-state index in [-0.39, 0.29) is 5.57 Å². The number of carbonyl (C=O) groups is 1. The van der Waals surface area contributed by atoms with Gasteiger partial charge in [0.15, 0.2) is 0 Å². The van der Waals surface area contributed by atoms with Crippen molar-refractivity contribution in [3.63, 3.8) is 0 Å². The Bertz CT molecular complexity index is 955. The zero-order valence-corrected chi connectivity index (χ0v) is 17.5. The van der Waals surface area contributed by atoms with Gasteiger partial charge in [-0.05, 0) is 44.0 Å². The van der Waals surface area contributed by atoms with Crippen molar-refractivity contribution in [2.24, 2.45) is 0 Å². The first-order valence-corrected chi connectivity index (χ1v) is 9.25. The number of aromatic nitrogens is 1. The van der Waals surface area contributed by atoms with Crippen molar-refractivity contribution in [2.45, 2.75) is 33.7 Å². The van der Waals surface area contributed by atoms with E-state index in [0.29, 0.717) is 22.2 Å². The molecule has 1 heterocycles. The molecule has 1 amide bonds. The maximum absolute atomic E-state index is 12.7. The number of benzene rings is 1. The van der Waals surface area contributed by atoms with Crippen LogP contribution in [0.4, 0.5) is 5.69 Å². The van der Waals surface area contributed by atoms with Crippen LogP contribution in [-0.2, 0) is 11.3 Å². The summed E-state index contributed by atoms with van der Waals surface area (Å²) in [5.74, 6) is 0.270. The number of amides is 1. The zero-order chi connectivity index (χ0) is 20.8. The Morgan fingerprint density at radius 2 is 1.93 bits per heavy atom. The van der Waals surface area contributed by atoms with Crippen molar-refractivity contribution in [1.29, 1.82) is 5.26 Å². The van der Waals surface area contributed by atoms with Crippen LogP contribution >= 0.6 is 11.6 Å². The summed E-state index contributed by atoms with van der Waals surface area (Å²) in [5, 5.41) is 12.5. The highest BCUT2D eigenvalue weighted by molar-refractivity contribution is 6.32. The number of nitriles is 1. The lowest BCUT2D eigenvalue weighted by Gasteiger charge is -2.13. The van der Waals surface area contributed by atoms with Gasteiger partial charge in [-0.2, -0.15) is 5.26 Å². The number of aryl methyl sites for hydroxylation is 1. The normalized spacial score (nSPS) is 11.1. The molecule has 28 heavy (non-hydrogen) atoms. The van der Waals surface area contributed by atoms with Crippen LogP contribution in [0.3, 0.4) is 0 Å². The van der Waals surface area contributed by atoms with Gasteiger partial charge in [0.05, 0.1) is 24.9 Å². The number of halogens is 1. The maximum Gasteiger partial charge on any atom is 0.266 e. The molecule has 0 aliphatic rings. The Hall–Kier alpha value is -2.91. The maximum atomic E-state index is 12.7. The van der Waals surface area contributed by atoms with Crippen LogP contribution in [0.1, 0.15) is 30.3 Å². The fourth-order valence-corrected chi connectivity index (χ4v) is 3.23. The highest BCUT2D eigenvalue weighted by Gasteiger charge is 2.16. The fraction of sp³-hybridized carbons (Fsp3) is 0.333. The van der Waals surface area contributed by atoms with Gasteiger partial charge in [0, 0.05) is 24.0 Å². The summed E-state index contributed by atoms with van der Waals surface area (Å²) < 4.78 is 12.6. The van der Waals surface area contributed by atoms with Crippen LogP contribution in [-0.4, -0.2) is 24.7 Å². The van der Waals surface area contributed by atoms with E-state index >= 15 is 0 Å². The van der Waals surface area contributed by atoms with E-state index in [4.69, 9.17) is 21.1 Å². The number of hydrogen-bond acceptors (Lipinski definition) is 4. The van der Waals surface area contributed by atoms with Gasteiger partial charge < -0.3 is 19.4 Å². The van der Waals surface area contributed by atoms with Crippen molar-refractivity contribution >= 4 is 29.3 Å². The predicted octanol–water partition coefficient (Wildman–Crippen LogP) is 4.73. The molecule has 0 fully saturated rings. The van der Waals surface area contributed by atoms with Crippen molar-refractivity contribution in [1.82, 2.24) is 4.57 Å². The van der Waals surface area contributed by atoms with Gasteiger partial charge in [-0.15, -0.1) is 0 Å². The third kappa shape index (κ3) is 4.49. The second kappa shape index (κ2) is 9.34. The molecule has 0 aliphatic heterocycles. The summed E-state index contributed by atoms with van der Waals surface area (Å²) in [5.41, 5.74) is 3.30. The highest BCUT2D eigenvalue weighted by Crippen LogP contribution is 2.36. The van der Waals surface area contributed by atoms with Gasteiger partial charge in [-0.25, -0.2) is 0 Å². The fourth-order valence-electron chi connectivity index (χ4n) is 2.99. The van der Waals surface area contributed by atoms with E-state index in [1.807, 2.05) is 26.0 Å². The molecule has 2 aromatic rings. The molecule has 0 bridgehead atoms. The molecule has 0 unspecified atom stereocenters. The summed E-state index contributed by atoms with van der Waals surface area (Å²) >= 11 is 6.14. The Balaban J connectivity index is 2.35. The lowest BCUT2D eigenvalue weighted by Crippen LogP contribution is -2.14. The molecule has 1 aromatic carbocycles. The summed E-state index contributed by atoms with van der Waals surface area (Å²) in [4.78, 5) is 12.7. The Kier molecular flexibility index (Phi) is 7.13. The molecule has 6 nitrogen and oxygen atoms in total. The monoisotopic (exact) mass is 401 g/mol. The van der Waals surface area contributed by atoms with Crippen molar-refractivity contribution in [3.05, 3.63) is 45.7 Å². The Morgan fingerprint density at radius 1 is 1.25 bits per heavy atom. The van der Waals surface area contributed by atoms with Gasteiger partial charge in [0.2, 0.25) is 0 Å². The van der Waals surface area contributed by atoms with E-state index in [0.717, 1.165) is 29.9 Å². The standard InChI is InChI=1S/C21H24ClN3O3/c1-6-7-25-13(2)8-15(14(25)3)9-16(12-23)21(26)24-18-10-17(22)19(27-4)11-20(18)28-5/h8-11H,6-7H2,1-5H3,(H,24,26)/b16-9+. The largest absolute Gasteiger partial charge is 0.495 e. The van der Waals surface area contributed by atoms with E-state index in [9.17, 15) is 10.1 Å². The first-order chi connectivity index (χ1) is 13.4. The molecule has 0 radical (unpaired) electrons. The summed E-state index contributed by atoms with van der Waals surface area (Å²) in [6.45, 7) is 6.99. The molecule has 2 rings (SSSR count). The molecule has 148 valence electrons. The Labute approximate surface area is 170 Å². The van der Waals surface area contributed by atoms with Crippen LogP contribution in [0, 0.1) is 25.2 Å². The zero-order valence-electron chi connectivity index (χ0n) is 16.7. The van der Waals surface area contributed by atoms with Gasteiger partial charge in [-0.3, -0.25) is 4.79 Å². The first kappa shape index (κ1) is 21.4.